The lowest BCUT2D eigenvalue weighted by atomic mass is 9.98. The van der Waals surface area contributed by atoms with Crippen LogP contribution in [0.3, 0.4) is 0 Å². The summed E-state index contributed by atoms with van der Waals surface area (Å²) in [7, 11) is 0. The van der Waals surface area contributed by atoms with Crippen molar-refractivity contribution in [3.8, 4) is 0 Å². The average Bonchev–Trinajstić information content (AvgIpc) is 2.67. The summed E-state index contributed by atoms with van der Waals surface area (Å²) in [6.07, 6.45) is 3.91. The van der Waals surface area contributed by atoms with Crippen molar-refractivity contribution in [3.05, 3.63) is 42.1 Å². The summed E-state index contributed by atoms with van der Waals surface area (Å²) < 4.78 is 0. The van der Waals surface area contributed by atoms with E-state index in [0.29, 0.717) is 25.1 Å². The number of amides is 1. The monoisotopic (exact) mass is 284 g/mol. The van der Waals surface area contributed by atoms with Crippen molar-refractivity contribution >= 4 is 16.8 Å². The summed E-state index contributed by atoms with van der Waals surface area (Å²) in [6.45, 7) is 3.13. The molecule has 1 aromatic heterocycles. The van der Waals surface area contributed by atoms with E-state index in [-0.39, 0.29) is 5.91 Å². The average molecular weight is 284 g/mol. The maximum absolute atomic E-state index is 12.8. The molecule has 0 saturated carbocycles. The predicted octanol–water partition coefficient (Wildman–Crippen LogP) is 2.61. The Labute approximate surface area is 124 Å². The lowest BCUT2D eigenvalue weighted by molar-refractivity contribution is 0.0438. The van der Waals surface area contributed by atoms with Crippen LogP contribution < -0.4 is 0 Å². The van der Waals surface area contributed by atoms with Crippen molar-refractivity contribution in [2.45, 2.75) is 31.8 Å². The van der Waals surface area contributed by atoms with E-state index in [1.54, 1.807) is 6.20 Å². The van der Waals surface area contributed by atoms with Gasteiger partial charge in [-0.15, -0.1) is 0 Å². The maximum Gasteiger partial charge on any atom is 0.256 e. The number of rotatable bonds is 1. The number of hydrogen-bond acceptors (Lipinski definition) is 3. The number of aliphatic hydroxyl groups is 1. The SMILES string of the molecule is CC1(O)CCCN(C(=O)c2cccc3cccnc23)CC1. The van der Waals surface area contributed by atoms with E-state index >= 15 is 0 Å². The molecule has 2 heterocycles. The molecule has 110 valence electrons. The summed E-state index contributed by atoms with van der Waals surface area (Å²) in [6, 6.07) is 9.53. The van der Waals surface area contributed by atoms with Gasteiger partial charge in [0.05, 0.1) is 16.7 Å². The number of hydrogen-bond donors (Lipinski definition) is 1. The van der Waals surface area contributed by atoms with Crippen LogP contribution >= 0.6 is 0 Å². The third-order valence-corrected chi connectivity index (χ3v) is 4.21. The zero-order chi connectivity index (χ0) is 14.9. The second kappa shape index (κ2) is 5.45. The van der Waals surface area contributed by atoms with Gasteiger partial charge >= 0.3 is 0 Å². The fraction of sp³-hybridized carbons (Fsp3) is 0.412. The van der Waals surface area contributed by atoms with Crippen LogP contribution in [0.5, 0.6) is 0 Å². The molecule has 1 N–H and O–H groups in total. The van der Waals surface area contributed by atoms with Crippen molar-refractivity contribution < 1.29 is 9.90 Å². The Hall–Kier alpha value is -1.94. The highest BCUT2D eigenvalue weighted by Crippen LogP contribution is 2.24. The van der Waals surface area contributed by atoms with Crippen molar-refractivity contribution in [1.29, 1.82) is 0 Å². The number of benzene rings is 1. The lowest BCUT2D eigenvalue weighted by Gasteiger charge is -2.23. The Morgan fingerprint density at radius 2 is 2.05 bits per heavy atom. The van der Waals surface area contributed by atoms with E-state index in [9.17, 15) is 9.90 Å². The first-order chi connectivity index (χ1) is 10.1. The first kappa shape index (κ1) is 14.0. The fourth-order valence-corrected chi connectivity index (χ4v) is 2.91. The summed E-state index contributed by atoms with van der Waals surface area (Å²) in [5, 5.41) is 11.1. The summed E-state index contributed by atoms with van der Waals surface area (Å²) >= 11 is 0. The highest BCUT2D eigenvalue weighted by Gasteiger charge is 2.28. The molecule has 4 nitrogen and oxygen atoms in total. The van der Waals surface area contributed by atoms with Gasteiger partial charge in [-0.25, -0.2) is 0 Å². The topological polar surface area (TPSA) is 53.4 Å². The Balaban J connectivity index is 1.90. The van der Waals surface area contributed by atoms with Gasteiger partial charge in [0.15, 0.2) is 0 Å². The molecule has 0 spiro atoms. The van der Waals surface area contributed by atoms with Crippen molar-refractivity contribution in [1.82, 2.24) is 9.88 Å². The van der Waals surface area contributed by atoms with E-state index < -0.39 is 5.60 Å². The molecule has 1 aliphatic rings. The largest absolute Gasteiger partial charge is 0.390 e. The first-order valence-electron chi connectivity index (χ1n) is 7.42. The Morgan fingerprint density at radius 3 is 2.90 bits per heavy atom. The van der Waals surface area contributed by atoms with Crippen LogP contribution in [0.15, 0.2) is 36.5 Å². The molecule has 4 heteroatoms. The zero-order valence-electron chi connectivity index (χ0n) is 12.2. The van der Waals surface area contributed by atoms with Gasteiger partial charge in [0.1, 0.15) is 0 Å². The van der Waals surface area contributed by atoms with Crippen molar-refractivity contribution in [3.63, 3.8) is 0 Å². The smallest absolute Gasteiger partial charge is 0.256 e. The molecule has 1 amide bonds. The van der Waals surface area contributed by atoms with E-state index in [0.717, 1.165) is 23.7 Å². The molecule has 21 heavy (non-hydrogen) atoms. The van der Waals surface area contributed by atoms with Gasteiger partial charge < -0.3 is 10.0 Å². The Bertz CT molecular complexity index is 661. The number of aromatic nitrogens is 1. The van der Waals surface area contributed by atoms with E-state index in [4.69, 9.17) is 0 Å². The molecule has 1 aromatic carbocycles. The molecule has 3 rings (SSSR count). The van der Waals surface area contributed by atoms with Crippen LogP contribution in [-0.2, 0) is 0 Å². The predicted molar refractivity (Wildman–Crippen MR) is 82.1 cm³/mol. The van der Waals surface area contributed by atoms with Crippen LogP contribution in [-0.4, -0.2) is 39.6 Å². The Kier molecular flexibility index (Phi) is 3.64. The molecular weight excluding hydrogens is 264 g/mol. The number of carbonyl (C=O) groups excluding carboxylic acids is 1. The van der Waals surface area contributed by atoms with Gasteiger partial charge in [0.25, 0.3) is 5.91 Å². The number of nitrogens with zero attached hydrogens (tertiary/aromatic N) is 2. The lowest BCUT2D eigenvalue weighted by Crippen LogP contribution is -2.33. The van der Waals surface area contributed by atoms with Crippen LogP contribution in [0.4, 0.5) is 0 Å². The van der Waals surface area contributed by atoms with E-state index in [1.807, 2.05) is 42.2 Å². The second-order valence-corrected chi connectivity index (χ2v) is 6.02. The molecule has 0 aliphatic carbocycles. The Morgan fingerprint density at radius 1 is 1.24 bits per heavy atom. The van der Waals surface area contributed by atoms with Gasteiger partial charge in [0.2, 0.25) is 0 Å². The normalized spacial score (nSPS) is 23.0. The third-order valence-electron chi connectivity index (χ3n) is 4.21. The molecular formula is C17H20N2O2. The minimum atomic E-state index is -0.661. The number of carbonyl (C=O) groups is 1. The van der Waals surface area contributed by atoms with Crippen LogP contribution in [0.25, 0.3) is 10.9 Å². The second-order valence-electron chi connectivity index (χ2n) is 6.02. The van der Waals surface area contributed by atoms with Gasteiger partial charge in [-0.3, -0.25) is 9.78 Å². The minimum Gasteiger partial charge on any atom is -0.390 e. The number of para-hydroxylation sites is 1. The molecule has 0 radical (unpaired) electrons. The molecule has 1 atom stereocenters. The standard InChI is InChI=1S/C17H20N2O2/c1-17(21)8-4-11-19(12-9-17)16(20)14-7-2-5-13-6-3-10-18-15(13)14/h2-3,5-7,10,21H,4,8-9,11-12H2,1H3. The van der Waals surface area contributed by atoms with E-state index in [1.165, 1.54) is 0 Å². The number of fused-ring (bicyclic) bond motifs is 1. The number of likely N-dealkylation sites (tertiary alicyclic amines) is 1. The molecule has 2 aromatic rings. The highest BCUT2D eigenvalue weighted by molar-refractivity contribution is 6.05. The van der Waals surface area contributed by atoms with Crippen LogP contribution in [0.2, 0.25) is 0 Å². The van der Waals surface area contributed by atoms with E-state index in [2.05, 4.69) is 4.98 Å². The minimum absolute atomic E-state index is 0.0111. The van der Waals surface area contributed by atoms with Gasteiger partial charge in [-0.1, -0.05) is 18.2 Å². The highest BCUT2D eigenvalue weighted by atomic mass is 16.3. The zero-order valence-corrected chi connectivity index (χ0v) is 12.2. The molecule has 1 saturated heterocycles. The summed E-state index contributed by atoms with van der Waals surface area (Å²) in [5.41, 5.74) is 0.738. The van der Waals surface area contributed by atoms with Gasteiger partial charge in [0, 0.05) is 24.7 Å². The van der Waals surface area contributed by atoms with Gasteiger partial charge in [-0.05, 0) is 38.3 Å². The molecule has 1 fully saturated rings. The number of pyridine rings is 1. The third kappa shape index (κ3) is 2.90. The van der Waals surface area contributed by atoms with Crippen LogP contribution in [0, 0.1) is 0 Å². The molecule has 1 aliphatic heterocycles. The van der Waals surface area contributed by atoms with Crippen LogP contribution in [0.1, 0.15) is 36.5 Å². The summed E-state index contributed by atoms with van der Waals surface area (Å²) in [5.74, 6) is 0.0111. The molecule has 1 unspecified atom stereocenters. The van der Waals surface area contributed by atoms with Crippen molar-refractivity contribution in [2.24, 2.45) is 0 Å². The maximum atomic E-state index is 12.8. The summed E-state index contributed by atoms with van der Waals surface area (Å²) in [4.78, 5) is 19.0. The van der Waals surface area contributed by atoms with Crippen molar-refractivity contribution in [2.75, 3.05) is 13.1 Å². The van der Waals surface area contributed by atoms with Gasteiger partial charge in [-0.2, -0.15) is 0 Å². The molecule has 0 bridgehead atoms. The quantitative estimate of drug-likeness (QED) is 0.875. The first-order valence-corrected chi connectivity index (χ1v) is 7.42. The fourth-order valence-electron chi connectivity index (χ4n) is 2.91.